The smallest absolute Gasteiger partial charge is 0.191 e. The molecule has 28 heavy (non-hydrogen) atoms. The lowest BCUT2D eigenvalue weighted by Crippen LogP contribution is -2.51. The van der Waals surface area contributed by atoms with Gasteiger partial charge in [-0.2, -0.15) is 0 Å². The van der Waals surface area contributed by atoms with Gasteiger partial charge in [0, 0.05) is 44.2 Å². The number of ether oxygens (including phenoxy) is 1. The Morgan fingerprint density at radius 1 is 1.18 bits per heavy atom. The highest BCUT2D eigenvalue weighted by Gasteiger charge is 2.28. The van der Waals surface area contributed by atoms with Gasteiger partial charge < -0.3 is 20.3 Å². The maximum atomic E-state index is 5.38. The number of guanidine groups is 1. The fourth-order valence-corrected chi connectivity index (χ4v) is 4.52. The minimum atomic E-state index is -0.0159. The first-order valence-corrected chi connectivity index (χ1v) is 10.9. The molecule has 2 fully saturated rings. The lowest BCUT2D eigenvalue weighted by molar-refractivity contribution is 0.150. The molecule has 1 saturated heterocycles. The molecule has 1 saturated carbocycles. The zero-order chi connectivity index (χ0) is 20.0. The van der Waals surface area contributed by atoms with Gasteiger partial charge in [-0.1, -0.05) is 38.8 Å². The molecule has 156 valence electrons. The van der Waals surface area contributed by atoms with Gasteiger partial charge >= 0.3 is 0 Å². The quantitative estimate of drug-likeness (QED) is 0.580. The van der Waals surface area contributed by atoms with Gasteiger partial charge in [0.25, 0.3) is 0 Å². The second-order valence-electron chi connectivity index (χ2n) is 8.93. The third-order valence-electron chi connectivity index (χ3n) is 6.48. The first kappa shape index (κ1) is 21.0. The number of methoxy groups -OCH3 is 1. The summed E-state index contributed by atoms with van der Waals surface area (Å²) in [5.74, 6) is 1.82. The van der Waals surface area contributed by atoms with Crippen molar-refractivity contribution in [2.75, 3.05) is 33.8 Å². The van der Waals surface area contributed by atoms with E-state index in [2.05, 4.69) is 52.6 Å². The molecule has 2 N–H and O–H groups in total. The van der Waals surface area contributed by atoms with Crippen molar-refractivity contribution in [3.63, 3.8) is 0 Å². The zero-order valence-electron chi connectivity index (χ0n) is 18.1. The van der Waals surface area contributed by atoms with Crippen LogP contribution < -0.4 is 15.4 Å². The normalized spacial score (nSPS) is 20.4. The third-order valence-corrected chi connectivity index (χ3v) is 6.48. The third kappa shape index (κ3) is 5.40. The van der Waals surface area contributed by atoms with Crippen molar-refractivity contribution < 1.29 is 4.74 Å². The van der Waals surface area contributed by atoms with Crippen molar-refractivity contribution in [1.29, 1.82) is 0 Å². The van der Waals surface area contributed by atoms with Crippen molar-refractivity contribution in [2.24, 2.45) is 4.99 Å². The van der Waals surface area contributed by atoms with E-state index < -0.39 is 0 Å². The molecule has 1 aliphatic heterocycles. The van der Waals surface area contributed by atoms with Crippen LogP contribution in [0.3, 0.4) is 0 Å². The number of hydrogen-bond donors (Lipinski definition) is 2. The summed E-state index contributed by atoms with van der Waals surface area (Å²) >= 11 is 0. The first-order chi connectivity index (χ1) is 13.5. The summed E-state index contributed by atoms with van der Waals surface area (Å²) in [7, 11) is 3.58. The van der Waals surface area contributed by atoms with Gasteiger partial charge in [-0.3, -0.25) is 4.99 Å². The highest BCUT2D eigenvalue weighted by atomic mass is 16.5. The maximum Gasteiger partial charge on any atom is 0.191 e. The molecule has 0 atom stereocenters. The molecule has 0 aromatic heterocycles. The van der Waals surface area contributed by atoms with Crippen molar-refractivity contribution in [3.8, 4) is 5.75 Å². The van der Waals surface area contributed by atoms with Gasteiger partial charge in [0.05, 0.1) is 7.11 Å². The largest absolute Gasteiger partial charge is 0.497 e. The Hall–Kier alpha value is -1.75. The molecule has 0 amide bonds. The van der Waals surface area contributed by atoms with E-state index in [4.69, 9.17) is 4.74 Å². The van der Waals surface area contributed by atoms with E-state index in [1.165, 1.54) is 57.2 Å². The van der Waals surface area contributed by atoms with Crippen LogP contribution in [0.5, 0.6) is 5.75 Å². The van der Waals surface area contributed by atoms with Crippen LogP contribution in [0.1, 0.15) is 57.9 Å². The van der Waals surface area contributed by atoms with E-state index in [-0.39, 0.29) is 5.41 Å². The second kappa shape index (κ2) is 9.64. The molecular weight excluding hydrogens is 348 g/mol. The Balaban J connectivity index is 1.48. The number of benzene rings is 1. The van der Waals surface area contributed by atoms with Crippen LogP contribution in [-0.4, -0.2) is 56.7 Å². The summed E-state index contributed by atoms with van der Waals surface area (Å²) in [5.41, 5.74) is 1.25. The fourth-order valence-electron chi connectivity index (χ4n) is 4.52. The predicted molar refractivity (Wildman–Crippen MR) is 117 cm³/mol. The summed E-state index contributed by atoms with van der Waals surface area (Å²) in [6.45, 7) is 7.76. The number of nitrogens with zero attached hydrogens (tertiary/aromatic N) is 2. The molecule has 0 bridgehead atoms. The van der Waals surface area contributed by atoms with Crippen LogP contribution in [-0.2, 0) is 5.41 Å². The molecule has 1 aromatic rings. The van der Waals surface area contributed by atoms with E-state index in [9.17, 15) is 0 Å². The summed E-state index contributed by atoms with van der Waals surface area (Å²) in [4.78, 5) is 7.18. The number of aliphatic imine (C=N–C) groups is 1. The molecule has 5 heteroatoms. The van der Waals surface area contributed by atoms with E-state index in [1.807, 2.05) is 13.1 Å². The highest BCUT2D eigenvalue weighted by Crippen LogP contribution is 2.27. The molecule has 0 radical (unpaired) electrons. The molecule has 0 spiro atoms. The summed E-state index contributed by atoms with van der Waals surface area (Å²) in [5, 5.41) is 7.19. The monoisotopic (exact) mass is 386 g/mol. The molecule has 5 nitrogen and oxygen atoms in total. The lowest BCUT2D eigenvalue weighted by Gasteiger charge is -2.37. The molecule has 0 unspecified atom stereocenters. The van der Waals surface area contributed by atoms with Gasteiger partial charge in [0.1, 0.15) is 5.75 Å². The first-order valence-electron chi connectivity index (χ1n) is 10.9. The zero-order valence-corrected chi connectivity index (χ0v) is 18.1. The van der Waals surface area contributed by atoms with Crippen molar-refractivity contribution in [1.82, 2.24) is 15.5 Å². The topological polar surface area (TPSA) is 48.9 Å². The number of piperidine rings is 1. The predicted octanol–water partition coefficient (Wildman–Crippen LogP) is 3.54. The van der Waals surface area contributed by atoms with Gasteiger partial charge in [0.2, 0.25) is 0 Å². The number of hydrogen-bond acceptors (Lipinski definition) is 3. The van der Waals surface area contributed by atoms with Crippen LogP contribution in [0.25, 0.3) is 0 Å². The van der Waals surface area contributed by atoms with Crippen LogP contribution in [0, 0.1) is 0 Å². The van der Waals surface area contributed by atoms with E-state index in [0.29, 0.717) is 6.04 Å². The van der Waals surface area contributed by atoms with E-state index >= 15 is 0 Å². The fraction of sp³-hybridized carbons (Fsp3) is 0.696. The molecule has 1 heterocycles. The Labute approximate surface area is 170 Å². The second-order valence-corrected chi connectivity index (χ2v) is 8.93. The molecule has 1 aliphatic carbocycles. The van der Waals surface area contributed by atoms with E-state index in [1.54, 1.807) is 7.11 Å². The number of rotatable bonds is 6. The molecule has 3 rings (SSSR count). The maximum absolute atomic E-state index is 5.38. The number of nitrogens with one attached hydrogen (secondary N) is 2. The van der Waals surface area contributed by atoms with Crippen molar-refractivity contribution in [2.45, 2.75) is 69.9 Å². The minimum Gasteiger partial charge on any atom is -0.497 e. The Morgan fingerprint density at radius 2 is 1.89 bits per heavy atom. The highest BCUT2D eigenvalue weighted by molar-refractivity contribution is 5.80. The van der Waals surface area contributed by atoms with Crippen LogP contribution in [0.2, 0.25) is 0 Å². The molecule has 2 aliphatic rings. The minimum absolute atomic E-state index is 0.0159. The summed E-state index contributed by atoms with van der Waals surface area (Å²) in [6, 6.07) is 9.70. The molecule has 1 aromatic carbocycles. The Kier molecular flexibility index (Phi) is 7.22. The average molecular weight is 387 g/mol. The lowest BCUT2D eigenvalue weighted by atomic mass is 9.84. The Morgan fingerprint density at radius 3 is 2.54 bits per heavy atom. The van der Waals surface area contributed by atoms with Crippen LogP contribution in [0.15, 0.2) is 29.3 Å². The summed E-state index contributed by atoms with van der Waals surface area (Å²) < 4.78 is 5.38. The van der Waals surface area contributed by atoms with Gasteiger partial charge in [-0.05, 0) is 43.4 Å². The SMILES string of the molecule is CN=C(NCC(C)(C)c1cccc(OC)c1)NC1CCN(C2CCCC2)CC1. The van der Waals surface area contributed by atoms with Gasteiger partial charge in [-0.15, -0.1) is 0 Å². The van der Waals surface area contributed by atoms with Gasteiger partial charge in [0.15, 0.2) is 5.96 Å². The van der Waals surface area contributed by atoms with Crippen LogP contribution in [0.4, 0.5) is 0 Å². The average Bonchev–Trinajstić information content (AvgIpc) is 3.26. The summed E-state index contributed by atoms with van der Waals surface area (Å²) in [6.07, 6.45) is 8.05. The standard InChI is InChI=1S/C23H38N4O/c1-23(2,18-8-7-11-21(16-18)28-4)17-25-22(24-3)26-19-12-14-27(15-13-19)20-9-5-6-10-20/h7-8,11,16,19-20H,5-6,9-10,12-15,17H2,1-4H3,(H2,24,25,26). The van der Waals surface area contributed by atoms with E-state index in [0.717, 1.165) is 24.3 Å². The van der Waals surface area contributed by atoms with Crippen molar-refractivity contribution >= 4 is 5.96 Å². The van der Waals surface area contributed by atoms with Crippen LogP contribution >= 0.6 is 0 Å². The van der Waals surface area contributed by atoms with Gasteiger partial charge in [-0.25, -0.2) is 0 Å². The number of likely N-dealkylation sites (tertiary alicyclic amines) is 1. The Bertz CT molecular complexity index is 644. The van der Waals surface area contributed by atoms with Crippen molar-refractivity contribution in [3.05, 3.63) is 29.8 Å². The molecular formula is C23H38N4O.